The molecule has 1 aliphatic carbocycles. The van der Waals surface area contributed by atoms with Crippen molar-refractivity contribution < 1.29 is 9.47 Å². The van der Waals surface area contributed by atoms with E-state index < -0.39 is 0 Å². The van der Waals surface area contributed by atoms with Gasteiger partial charge in [0.05, 0.1) is 26.4 Å². The number of rotatable bonds is 3. The third-order valence-corrected chi connectivity index (χ3v) is 4.04. The normalized spacial score (nSPS) is 17.6. The predicted octanol–water partition coefficient (Wildman–Crippen LogP) is 2.65. The maximum Gasteiger partial charge on any atom is 0.215 e. The first-order valence-electron chi connectivity index (χ1n) is 9.32. The highest BCUT2D eigenvalue weighted by molar-refractivity contribution is 7.79. The average molecular weight is 407 g/mol. The van der Waals surface area contributed by atoms with Gasteiger partial charge in [-0.1, -0.05) is 19.3 Å². The van der Waals surface area contributed by atoms with Gasteiger partial charge in [-0.3, -0.25) is 0 Å². The number of nitrogens with zero attached hydrogens (tertiary/aromatic N) is 4. The summed E-state index contributed by atoms with van der Waals surface area (Å²) < 4.78 is 10.6. The fraction of sp³-hybridized carbons (Fsp3) is 0.526. The molecule has 2 fully saturated rings. The van der Waals surface area contributed by atoms with Crippen LogP contribution in [0.4, 0.5) is 17.5 Å². The first kappa shape index (κ1) is 22.0. The van der Waals surface area contributed by atoms with Crippen LogP contribution in [0.2, 0.25) is 0 Å². The number of methoxy groups -OCH3 is 1. The lowest BCUT2D eigenvalue weighted by Gasteiger charge is -2.34. The number of ether oxygens (including phenoxy) is 2. The molecule has 4 rings (SSSR count). The van der Waals surface area contributed by atoms with Crippen LogP contribution < -0.4 is 21.1 Å². The molecule has 0 aromatic carbocycles. The Hall–Kier alpha value is -2.26. The maximum atomic E-state index is 5.97. The maximum absolute atomic E-state index is 5.97. The van der Waals surface area contributed by atoms with E-state index in [1.54, 1.807) is 24.5 Å². The van der Waals surface area contributed by atoms with E-state index in [0.717, 1.165) is 12.4 Å². The van der Waals surface area contributed by atoms with Crippen molar-refractivity contribution in [3.05, 3.63) is 18.2 Å². The summed E-state index contributed by atoms with van der Waals surface area (Å²) in [6.07, 6.45) is 6.19. The van der Waals surface area contributed by atoms with Crippen LogP contribution in [0, 0.1) is 0 Å². The van der Waals surface area contributed by atoms with Gasteiger partial charge in [-0.25, -0.2) is 9.97 Å². The van der Waals surface area contributed by atoms with Crippen LogP contribution >= 0.6 is 12.6 Å². The molecule has 2 aliphatic rings. The second kappa shape index (κ2) is 10.9. The molecule has 1 unspecified atom stereocenters. The minimum Gasteiger partial charge on any atom is -0.481 e. The largest absolute Gasteiger partial charge is 0.481 e. The fourth-order valence-electron chi connectivity index (χ4n) is 2.56. The summed E-state index contributed by atoms with van der Waals surface area (Å²) in [6, 6.07) is 5.43. The molecule has 154 valence electrons. The summed E-state index contributed by atoms with van der Waals surface area (Å²) in [4.78, 5) is 15.2. The number of anilines is 3. The van der Waals surface area contributed by atoms with E-state index in [9.17, 15) is 0 Å². The lowest BCUT2D eigenvalue weighted by atomic mass is 10.2. The molecule has 2 aromatic heterocycles. The lowest BCUT2D eigenvalue weighted by Crippen LogP contribution is -2.44. The van der Waals surface area contributed by atoms with E-state index >= 15 is 0 Å². The molecule has 1 atom stereocenters. The van der Waals surface area contributed by atoms with Crippen LogP contribution in [0.1, 0.15) is 26.2 Å². The number of pyridine rings is 1. The van der Waals surface area contributed by atoms with Gasteiger partial charge in [0.2, 0.25) is 5.88 Å². The molecule has 1 aliphatic heterocycles. The van der Waals surface area contributed by atoms with E-state index in [-0.39, 0.29) is 6.04 Å². The Bertz CT molecular complexity index is 756. The molecule has 9 heteroatoms. The zero-order valence-electron chi connectivity index (χ0n) is 16.8. The Morgan fingerprint density at radius 2 is 1.75 bits per heavy atom. The summed E-state index contributed by atoms with van der Waals surface area (Å²) in [5.74, 6) is 2.42. The SMILES string of the molecule is C1CC1.COc1cc(-c2nc(N)cc(N3CCOCC3C)n2)cc(N)n1.CS. The second-order valence-corrected chi connectivity index (χ2v) is 6.48. The van der Waals surface area contributed by atoms with Gasteiger partial charge in [0.15, 0.2) is 5.82 Å². The van der Waals surface area contributed by atoms with Crippen LogP contribution in [0.3, 0.4) is 0 Å². The molecule has 4 N–H and O–H groups in total. The van der Waals surface area contributed by atoms with Crippen molar-refractivity contribution in [1.82, 2.24) is 15.0 Å². The number of hydrogen-bond acceptors (Lipinski definition) is 9. The summed E-state index contributed by atoms with van der Waals surface area (Å²) >= 11 is 3.53. The topological polar surface area (TPSA) is 112 Å². The minimum atomic E-state index is 0.225. The fourth-order valence-corrected chi connectivity index (χ4v) is 2.56. The van der Waals surface area contributed by atoms with Crippen LogP contribution in [-0.2, 0) is 4.74 Å². The Labute approximate surface area is 172 Å². The molecule has 28 heavy (non-hydrogen) atoms. The van der Waals surface area contributed by atoms with Crippen LogP contribution in [0.5, 0.6) is 5.88 Å². The molecule has 1 saturated carbocycles. The van der Waals surface area contributed by atoms with Gasteiger partial charge in [0.1, 0.15) is 17.5 Å². The van der Waals surface area contributed by atoms with Crippen molar-refractivity contribution in [2.24, 2.45) is 0 Å². The Kier molecular flexibility index (Phi) is 8.59. The van der Waals surface area contributed by atoms with Crippen molar-refractivity contribution in [2.45, 2.75) is 32.2 Å². The molecule has 8 nitrogen and oxygen atoms in total. The summed E-state index contributed by atoms with van der Waals surface area (Å²) in [7, 11) is 1.53. The van der Waals surface area contributed by atoms with Gasteiger partial charge < -0.3 is 25.8 Å². The molecule has 0 radical (unpaired) electrons. The van der Waals surface area contributed by atoms with Gasteiger partial charge in [-0.15, -0.1) is 0 Å². The summed E-state index contributed by atoms with van der Waals surface area (Å²) in [6.45, 7) is 4.18. The predicted molar refractivity (Wildman–Crippen MR) is 117 cm³/mol. The quantitative estimate of drug-likeness (QED) is 0.667. The molecule has 0 bridgehead atoms. The Morgan fingerprint density at radius 3 is 2.36 bits per heavy atom. The molecule has 1 saturated heterocycles. The summed E-state index contributed by atoms with van der Waals surface area (Å²) in [5, 5.41) is 0. The van der Waals surface area contributed by atoms with E-state index in [4.69, 9.17) is 20.9 Å². The van der Waals surface area contributed by atoms with E-state index in [1.165, 1.54) is 26.4 Å². The highest BCUT2D eigenvalue weighted by atomic mass is 32.1. The van der Waals surface area contributed by atoms with Gasteiger partial charge in [-0.2, -0.15) is 17.6 Å². The molecule has 0 amide bonds. The molecular formula is C19H30N6O2S. The van der Waals surface area contributed by atoms with E-state index in [2.05, 4.69) is 39.4 Å². The zero-order valence-corrected chi connectivity index (χ0v) is 17.7. The van der Waals surface area contributed by atoms with Crippen molar-refractivity contribution in [3.8, 4) is 17.3 Å². The lowest BCUT2D eigenvalue weighted by molar-refractivity contribution is 0.0985. The molecule has 3 heterocycles. The first-order chi connectivity index (χ1) is 13.6. The number of nitrogen functional groups attached to an aromatic ring is 2. The van der Waals surface area contributed by atoms with Gasteiger partial charge >= 0.3 is 0 Å². The van der Waals surface area contributed by atoms with E-state index in [1.807, 2.05) is 0 Å². The Morgan fingerprint density at radius 1 is 1.07 bits per heavy atom. The van der Waals surface area contributed by atoms with Crippen LogP contribution in [-0.4, -0.2) is 54.1 Å². The molecule has 0 spiro atoms. The highest BCUT2D eigenvalue weighted by Gasteiger charge is 2.21. The Balaban J connectivity index is 0.000000499. The monoisotopic (exact) mass is 406 g/mol. The molecule has 2 aromatic rings. The highest BCUT2D eigenvalue weighted by Crippen LogP contribution is 2.26. The second-order valence-electron chi connectivity index (χ2n) is 6.48. The van der Waals surface area contributed by atoms with Crippen molar-refractivity contribution in [3.63, 3.8) is 0 Å². The third kappa shape index (κ3) is 6.42. The van der Waals surface area contributed by atoms with Gasteiger partial charge in [0.25, 0.3) is 0 Å². The van der Waals surface area contributed by atoms with Crippen LogP contribution in [0.25, 0.3) is 11.4 Å². The zero-order chi connectivity index (χ0) is 20.5. The third-order valence-electron chi connectivity index (χ3n) is 4.04. The van der Waals surface area contributed by atoms with Crippen molar-refractivity contribution in [1.29, 1.82) is 0 Å². The standard InChI is InChI=1S/C15H20N6O2.C3H6.CH4S/c1-9-8-23-4-3-21(9)13-7-12(17)19-15(20-13)10-5-11(16)18-14(6-10)22-2;1-2-3-1;1-2/h5-7,9H,3-4,8H2,1-2H3,(H2,16,18)(H2,17,19,20);1-3H2;2H,1H3. The number of morpholine rings is 1. The number of nitrogens with two attached hydrogens (primary N) is 2. The average Bonchev–Trinajstić information content (AvgIpc) is 3.58. The van der Waals surface area contributed by atoms with Gasteiger partial charge in [-0.05, 0) is 19.2 Å². The smallest absolute Gasteiger partial charge is 0.215 e. The van der Waals surface area contributed by atoms with Crippen molar-refractivity contribution in [2.75, 3.05) is 49.5 Å². The first-order valence-corrected chi connectivity index (χ1v) is 10.2. The minimum absolute atomic E-state index is 0.225. The van der Waals surface area contributed by atoms with Crippen LogP contribution in [0.15, 0.2) is 18.2 Å². The number of hydrogen-bond donors (Lipinski definition) is 3. The number of thiol groups is 1. The summed E-state index contributed by atoms with van der Waals surface area (Å²) in [5.41, 5.74) is 12.5. The number of aromatic nitrogens is 3. The molecular weight excluding hydrogens is 376 g/mol. The van der Waals surface area contributed by atoms with E-state index in [0.29, 0.717) is 42.1 Å². The van der Waals surface area contributed by atoms with Crippen molar-refractivity contribution >= 4 is 30.1 Å². The van der Waals surface area contributed by atoms with Gasteiger partial charge in [0, 0.05) is 24.2 Å².